The van der Waals surface area contributed by atoms with Gasteiger partial charge in [0.15, 0.2) is 0 Å². The van der Waals surface area contributed by atoms with Gasteiger partial charge < -0.3 is 0 Å². The molecule has 0 aliphatic carbocycles. The Labute approximate surface area is 91.8 Å². The Morgan fingerprint density at radius 3 is 2.38 bits per heavy atom. The molecule has 1 saturated heterocycles. The van der Waals surface area contributed by atoms with Crippen LogP contribution in [0.2, 0.25) is 0 Å². The number of halogens is 1. The number of thioether (sulfide) groups is 1. The predicted molar refractivity (Wildman–Crippen MR) is 63.5 cm³/mol. The van der Waals surface area contributed by atoms with E-state index < -0.39 is 0 Å². The van der Waals surface area contributed by atoms with Gasteiger partial charge in [-0.15, -0.1) is 23.4 Å². The lowest BCUT2D eigenvalue weighted by Gasteiger charge is -2.38. The van der Waals surface area contributed by atoms with Crippen LogP contribution < -0.4 is 0 Å². The number of alkyl halides is 1. The van der Waals surface area contributed by atoms with Gasteiger partial charge >= 0.3 is 0 Å². The Hall–Kier alpha value is 0.640. The van der Waals surface area contributed by atoms with Crippen LogP contribution in [-0.4, -0.2) is 10.5 Å². The molecule has 1 unspecified atom stereocenters. The second-order valence-electron chi connectivity index (χ2n) is 5.74. The molecular formula is C11H21ClS. The molecule has 1 rings (SSSR count). The van der Waals surface area contributed by atoms with Crippen LogP contribution in [0.1, 0.15) is 47.0 Å². The summed E-state index contributed by atoms with van der Waals surface area (Å²) in [6, 6.07) is 0. The third-order valence-corrected chi connectivity index (χ3v) is 4.25. The zero-order valence-corrected chi connectivity index (χ0v) is 10.8. The third-order valence-electron chi connectivity index (χ3n) is 2.75. The van der Waals surface area contributed by atoms with E-state index in [4.69, 9.17) is 11.6 Å². The van der Waals surface area contributed by atoms with Crippen molar-refractivity contribution in [1.29, 1.82) is 0 Å². The molecule has 0 spiro atoms. The summed E-state index contributed by atoms with van der Waals surface area (Å²) in [5.74, 6) is 1.22. The van der Waals surface area contributed by atoms with E-state index in [0.717, 1.165) is 6.42 Å². The first-order chi connectivity index (χ1) is 5.81. The molecule has 1 fully saturated rings. The molecule has 0 nitrogen and oxygen atoms in total. The SMILES string of the molecule is CC1(C)CCSC(Cl)CC(C)(C)C1. The minimum Gasteiger partial charge on any atom is -0.142 e. The van der Waals surface area contributed by atoms with Crippen LogP contribution in [0, 0.1) is 10.8 Å². The topological polar surface area (TPSA) is 0 Å². The minimum atomic E-state index is 0.325. The van der Waals surface area contributed by atoms with Gasteiger partial charge in [0.1, 0.15) is 0 Å². The van der Waals surface area contributed by atoms with Crippen LogP contribution in [0.5, 0.6) is 0 Å². The molecule has 1 heterocycles. The van der Waals surface area contributed by atoms with Gasteiger partial charge in [-0.05, 0) is 35.8 Å². The fourth-order valence-electron chi connectivity index (χ4n) is 2.41. The lowest BCUT2D eigenvalue weighted by molar-refractivity contribution is 0.180. The average molecular weight is 221 g/mol. The van der Waals surface area contributed by atoms with Crippen LogP contribution in [0.25, 0.3) is 0 Å². The van der Waals surface area contributed by atoms with E-state index in [-0.39, 0.29) is 0 Å². The van der Waals surface area contributed by atoms with Gasteiger partial charge in [-0.2, -0.15) is 0 Å². The van der Waals surface area contributed by atoms with Crippen molar-refractivity contribution in [2.45, 2.75) is 51.7 Å². The standard InChI is InChI=1S/C11H21ClS/c1-10(2)5-6-13-9(12)7-11(3,4)8-10/h9H,5-8H2,1-4H3. The fourth-order valence-corrected chi connectivity index (χ4v) is 4.59. The molecule has 1 aliphatic heterocycles. The van der Waals surface area contributed by atoms with Crippen molar-refractivity contribution in [1.82, 2.24) is 0 Å². The Balaban J connectivity index is 2.65. The minimum absolute atomic E-state index is 0.325. The van der Waals surface area contributed by atoms with Gasteiger partial charge in [0.25, 0.3) is 0 Å². The lowest BCUT2D eigenvalue weighted by atomic mass is 9.72. The van der Waals surface area contributed by atoms with Crippen molar-refractivity contribution in [3.63, 3.8) is 0 Å². The Kier molecular flexibility index (Phi) is 3.62. The van der Waals surface area contributed by atoms with Gasteiger partial charge in [0.2, 0.25) is 0 Å². The first-order valence-corrected chi connectivity index (χ1v) is 6.55. The zero-order chi connectivity index (χ0) is 10.1. The summed E-state index contributed by atoms with van der Waals surface area (Å²) >= 11 is 8.16. The Bertz CT molecular complexity index is 175. The molecule has 13 heavy (non-hydrogen) atoms. The smallest absolute Gasteiger partial charge is 0.0793 e. The molecule has 0 amide bonds. The molecule has 1 atom stereocenters. The van der Waals surface area contributed by atoms with E-state index in [1.54, 1.807) is 0 Å². The Morgan fingerprint density at radius 2 is 1.77 bits per heavy atom. The molecule has 0 aromatic carbocycles. The zero-order valence-electron chi connectivity index (χ0n) is 9.19. The van der Waals surface area contributed by atoms with E-state index >= 15 is 0 Å². The van der Waals surface area contributed by atoms with E-state index in [1.807, 2.05) is 11.8 Å². The van der Waals surface area contributed by atoms with Gasteiger partial charge in [-0.3, -0.25) is 0 Å². The normalized spacial score (nSPS) is 33.5. The Morgan fingerprint density at radius 1 is 1.15 bits per heavy atom. The van der Waals surface area contributed by atoms with Crippen molar-refractivity contribution in [2.75, 3.05) is 5.75 Å². The molecule has 0 aromatic rings. The van der Waals surface area contributed by atoms with Crippen LogP contribution in [0.3, 0.4) is 0 Å². The summed E-state index contributed by atoms with van der Waals surface area (Å²) in [6.07, 6.45) is 3.73. The van der Waals surface area contributed by atoms with Gasteiger partial charge in [0.05, 0.1) is 4.71 Å². The maximum Gasteiger partial charge on any atom is 0.0793 e. The monoisotopic (exact) mass is 220 g/mol. The van der Waals surface area contributed by atoms with Crippen molar-refractivity contribution in [3.05, 3.63) is 0 Å². The van der Waals surface area contributed by atoms with Gasteiger partial charge in [-0.25, -0.2) is 0 Å². The average Bonchev–Trinajstić information content (AvgIpc) is 1.78. The molecular weight excluding hydrogens is 200 g/mol. The predicted octanol–water partition coefficient (Wildman–Crippen LogP) is 4.52. The first kappa shape index (κ1) is 11.7. The number of hydrogen-bond donors (Lipinski definition) is 0. The third kappa shape index (κ3) is 4.12. The molecule has 0 aromatic heterocycles. The molecule has 0 N–H and O–H groups in total. The van der Waals surface area contributed by atoms with Crippen LogP contribution >= 0.6 is 23.4 Å². The molecule has 2 heteroatoms. The maximum absolute atomic E-state index is 6.23. The lowest BCUT2D eigenvalue weighted by Crippen LogP contribution is -2.28. The summed E-state index contributed by atoms with van der Waals surface area (Å²) in [5.41, 5.74) is 0.900. The molecule has 0 bridgehead atoms. The highest BCUT2D eigenvalue weighted by molar-refractivity contribution is 8.01. The summed E-state index contributed by atoms with van der Waals surface area (Å²) < 4.78 is 0.325. The summed E-state index contributed by atoms with van der Waals surface area (Å²) in [4.78, 5) is 0. The van der Waals surface area contributed by atoms with Gasteiger partial charge in [-0.1, -0.05) is 27.7 Å². The highest BCUT2D eigenvalue weighted by Gasteiger charge is 2.32. The number of rotatable bonds is 0. The molecule has 0 radical (unpaired) electrons. The highest BCUT2D eigenvalue weighted by Crippen LogP contribution is 2.44. The van der Waals surface area contributed by atoms with E-state index in [0.29, 0.717) is 15.5 Å². The highest BCUT2D eigenvalue weighted by atomic mass is 35.5. The summed E-state index contributed by atoms with van der Waals surface area (Å²) in [5, 5.41) is 0. The van der Waals surface area contributed by atoms with Gasteiger partial charge in [0, 0.05) is 0 Å². The number of hydrogen-bond acceptors (Lipinski definition) is 1. The molecule has 1 aliphatic rings. The molecule has 78 valence electrons. The van der Waals surface area contributed by atoms with Crippen molar-refractivity contribution < 1.29 is 0 Å². The van der Waals surface area contributed by atoms with E-state index in [2.05, 4.69) is 27.7 Å². The van der Waals surface area contributed by atoms with Crippen molar-refractivity contribution >= 4 is 23.4 Å². The second kappa shape index (κ2) is 4.02. The maximum atomic E-state index is 6.23. The van der Waals surface area contributed by atoms with E-state index in [1.165, 1.54) is 18.6 Å². The quantitative estimate of drug-likeness (QED) is 0.541. The van der Waals surface area contributed by atoms with E-state index in [9.17, 15) is 0 Å². The summed E-state index contributed by atoms with van der Waals surface area (Å²) in [7, 11) is 0. The summed E-state index contributed by atoms with van der Waals surface area (Å²) in [6.45, 7) is 9.44. The second-order valence-corrected chi connectivity index (χ2v) is 7.84. The van der Waals surface area contributed by atoms with Crippen LogP contribution in [-0.2, 0) is 0 Å². The van der Waals surface area contributed by atoms with Crippen molar-refractivity contribution in [2.24, 2.45) is 10.8 Å². The molecule has 0 saturated carbocycles. The largest absolute Gasteiger partial charge is 0.142 e. The fraction of sp³-hybridized carbons (Fsp3) is 1.00. The van der Waals surface area contributed by atoms with Crippen LogP contribution in [0.15, 0.2) is 0 Å². The van der Waals surface area contributed by atoms with Crippen molar-refractivity contribution in [3.8, 4) is 0 Å². The first-order valence-electron chi connectivity index (χ1n) is 5.07. The van der Waals surface area contributed by atoms with Crippen LogP contribution in [0.4, 0.5) is 0 Å².